The third-order valence-corrected chi connectivity index (χ3v) is 8.05. The highest BCUT2D eigenvalue weighted by atomic mass is 32.1. The Hall–Kier alpha value is -2.22. The Morgan fingerprint density at radius 1 is 1.24 bits per heavy atom. The molecule has 0 unspecified atom stereocenters. The second-order valence-corrected chi connectivity index (χ2v) is 10.6. The van der Waals surface area contributed by atoms with Gasteiger partial charge < -0.3 is 19.3 Å². The number of carbonyl (C=O) groups excluding carboxylic acids is 1. The Kier molecular flexibility index (Phi) is 6.54. The lowest BCUT2D eigenvalue weighted by atomic mass is 9.83. The Labute approximate surface area is 199 Å². The maximum absolute atomic E-state index is 12.8. The molecule has 2 aliphatic rings. The van der Waals surface area contributed by atoms with E-state index in [9.17, 15) is 9.90 Å². The number of hydrogen-bond acceptors (Lipinski definition) is 6. The Balaban J connectivity index is 1.25. The van der Waals surface area contributed by atoms with E-state index in [0.717, 1.165) is 48.5 Å². The molecule has 33 heavy (non-hydrogen) atoms. The van der Waals surface area contributed by atoms with Crippen molar-refractivity contribution >= 4 is 28.2 Å². The first-order valence-corrected chi connectivity index (χ1v) is 13.1. The molecular formula is C26H33N3O3S. The standard InChI is InChI=1S/C26H33N3O3S/c1-28(16-22-17-33-18-27-22)25(30)24-14-20-13-21(7-8-23(20)32-24)26(31)9-11-29(12-10-26)15-19-5-3-2-4-6-19/h7-8,13-14,17-19,31H,2-6,9-12,15-16H2,1H3. The fourth-order valence-electron chi connectivity index (χ4n) is 5.39. The molecule has 2 aromatic heterocycles. The van der Waals surface area contributed by atoms with E-state index >= 15 is 0 Å². The van der Waals surface area contributed by atoms with Crippen molar-refractivity contribution in [3.8, 4) is 0 Å². The number of nitrogens with zero attached hydrogens (tertiary/aromatic N) is 3. The second kappa shape index (κ2) is 9.57. The van der Waals surface area contributed by atoms with Gasteiger partial charge in [-0.1, -0.05) is 25.3 Å². The molecule has 7 heteroatoms. The van der Waals surface area contributed by atoms with Gasteiger partial charge in [-0.15, -0.1) is 11.3 Å². The summed E-state index contributed by atoms with van der Waals surface area (Å²) in [5.41, 5.74) is 3.40. The van der Waals surface area contributed by atoms with E-state index in [4.69, 9.17) is 4.42 Å². The lowest BCUT2D eigenvalue weighted by Crippen LogP contribution is -2.44. The van der Waals surface area contributed by atoms with Crippen LogP contribution in [0.1, 0.15) is 66.8 Å². The van der Waals surface area contributed by atoms with Gasteiger partial charge >= 0.3 is 0 Å². The third kappa shape index (κ3) is 5.00. The summed E-state index contributed by atoms with van der Waals surface area (Å²) >= 11 is 1.52. The number of benzene rings is 1. The zero-order chi connectivity index (χ0) is 22.8. The molecule has 0 spiro atoms. The fourth-order valence-corrected chi connectivity index (χ4v) is 5.94. The van der Waals surface area contributed by atoms with Crippen LogP contribution < -0.4 is 0 Å². The molecule has 5 rings (SSSR count). The van der Waals surface area contributed by atoms with Crippen LogP contribution in [0.25, 0.3) is 11.0 Å². The molecule has 1 aromatic carbocycles. The number of aliphatic hydroxyl groups is 1. The number of likely N-dealkylation sites (tertiary alicyclic amines) is 1. The maximum atomic E-state index is 12.8. The largest absolute Gasteiger partial charge is 0.451 e. The summed E-state index contributed by atoms with van der Waals surface area (Å²) in [6.45, 7) is 3.49. The number of hydrogen-bond donors (Lipinski definition) is 1. The molecule has 1 amide bonds. The van der Waals surface area contributed by atoms with Gasteiger partial charge in [0.1, 0.15) is 5.58 Å². The number of carbonyl (C=O) groups is 1. The van der Waals surface area contributed by atoms with Crippen molar-refractivity contribution in [1.29, 1.82) is 0 Å². The van der Waals surface area contributed by atoms with Crippen LogP contribution in [0.4, 0.5) is 0 Å². The van der Waals surface area contributed by atoms with Crippen molar-refractivity contribution in [2.75, 3.05) is 26.7 Å². The molecule has 1 aliphatic heterocycles. The number of furan rings is 1. The lowest BCUT2D eigenvalue weighted by molar-refractivity contribution is -0.0296. The van der Waals surface area contributed by atoms with Crippen molar-refractivity contribution in [3.63, 3.8) is 0 Å². The summed E-state index contributed by atoms with van der Waals surface area (Å²) in [5, 5.41) is 14.2. The number of piperidine rings is 1. The third-order valence-electron chi connectivity index (χ3n) is 7.42. The topological polar surface area (TPSA) is 69.8 Å². The SMILES string of the molecule is CN(Cc1cscn1)C(=O)c1cc2cc(C3(O)CCN(CC4CCCCC4)CC3)ccc2o1. The molecule has 0 atom stereocenters. The van der Waals surface area contributed by atoms with Crippen molar-refractivity contribution < 1.29 is 14.3 Å². The summed E-state index contributed by atoms with van der Waals surface area (Å²) in [6, 6.07) is 7.62. The zero-order valence-electron chi connectivity index (χ0n) is 19.3. The fraction of sp³-hybridized carbons (Fsp3) is 0.538. The zero-order valence-corrected chi connectivity index (χ0v) is 20.1. The number of amides is 1. The summed E-state index contributed by atoms with van der Waals surface area (Å²) in [6.07, 6.45) is 8.34. The van der Waals surface area contributed by atoms with Crippen molar-refractivity contribution in [2.24, 2.45) is 5.92 Å². The molecule has 1 aliphatic carbocycles. The van der Waals surface area contributed by atoms with Gasteiger partial charge in [-0.05, 0) is 55.4 Å². The van der Waals surface area contributed by atoms with Gasteiger partial charge in [-0.3, -0.25) is 4.79 Å². The van der Waals surface area contributed by atoms with Gasteiger partial charge in [0, 0.05) is 37.4 Å². The first-order chi connectivity index (χ1) is 16.0. The van der Waals surface area contributed by atoms with Crippen LogP contribution in [0, 0.1) is 5.92 Å². The molecule has 3 heterocycles. The van der Waals surface area contributed by atoms with E-state index in [1.54, 1.807) is 23.5 Å². The average molecular weight is 468 g/mol. The molecular weight excluding hydrogens is 434 g/mol. The number of aromatic nitrogens is 1. The Bertz CT molecular complexity index is 1080. The molecule has 0 bridgehead atoms. The predicted molar refractivity (Wildman–Crippen MR) is 130 cm³/mol. The predicted octanol–water partition coefficient (Wildman–Crippen LogP) is 5.03. The maximum Gasteiger partial charge on any atom is 0.289 e. The van der Waals surface area contributed by atoms with Gasteiger partial charge in [-0.2, -0.15) is 0 Å². The van der Waals surface area contributed by atoms with Crippen LogP contribution in [0.2, 0.25) is 0 Å². The quantitative estimate of drug-likeness (QED) is 0.551. The van der Waals surface area contributed by atoms with Gasteiger partial charge in [0.25, 0.3) is 5.91 Å². The van der Waals surface area contributed by atoms with E-state index in [-0.39, 0.29) is 5.91 Å². The highest BCUT2D eigenvalue weighted by molar-refractivity contribution is 7.07. The van der Waals surface area contributed by atoms with Crippen LogP contribution >= 0.6 is 11.3 Å². The Morgan fingerprint density at radius 3 is 2.76 bits per heavy atom. The molecule has 1 saturated heterocycles. The minimum atomic E-state index is -0.819. The van der Waals surface area contributed by atoms with Crippen LogP contribution in [-0.2, 0) is 12.1 Å². The molecule has 1 N–H and O–H groups in total. The molecule has 176 valence electrons. The van der Waals surface area contributed by atoms with E-state index in [1.807, 2.05) is 23.6 Å². The van der Waals surface area contributed by atoms with Crippen LogP contribution in [-0.4, -0.2) is 52.5 Å². The molecule has 1 saturated carbocycles. The monoisotopic (exact) mass is 467 g/mol. The van der Waals surface area contributed by atoms with Gasteiger partial charge in [0.15, 0.2) is 5.76 Å². The van der Waals surface area contributed by atoms with E-state index in [2.05, 4.69) is 9.88 Å². The van der Waals surface area contributed by atoms with Gasteiger partial charge in [0.05, 0.1) is 23.4 Å². The summed E-state index contributed by atoms with van der Waals surface area (Å²) in [5.74, 6) is 0.974. The minimum Gasteiger partial charge on any atom is -0.451 e. The Morgan fingerprint density at radius 2 is 2.03 bits per heavy atom. The highest BCUT2D eigenvalue weighted by Gasteiger charge is 2.35. The van der Waals surface area contributed by atoms with Crippen LogP contribution in [0.15, 0.2) is 39.6 Å². The van der Waals surface area contributed by atoms with Crippen molar-refractivity contribution in [3.05, 3.63) is 52.2 Å². The minimum absolute atomic E-state index is 0.171. The molecule has 6 nitrogen and oxygen atoms in total. The number of rotatable bonds is 6. The second-order valence-electron chi connectivity index (χ2n) is 9.84. The van der Waals surface area contributed by atoms with E-state index in [0.29, 0.717) is 17.9 Å². The van der Waals surface area contributed by atoms with Crippen molar-refractivity contribution in [2.45, 2.75) is 57.1 Å². The van der Waals surface area contributed by atoms with Gasteiger partial charge in [0.2, 0.25) is 0 Å². The number of fused-ring (bicyclic) bond motifs is 1. The average Bonchev–Trinajstić information content (AvgIpc) is 3.50. The number of thiazole rings is 1. The summed E-state index contributed by atoms with van der Waals surface area (Å²) in [4.78, 5) is 21.2. The van der Waals surface area contributed by atoms with Crippen LogP contribution in [0.3, 0.4) is 0 Å². The van der Waals surface area contributed by atoms with Gasteiger partial charge in [-0.25, -0.2) is 4.98 Å². The molecule has 0 radical (unpaired) electrons. The van der Waals surface area contributed by atoms with Crippen molar-refractivity contribution in [1.82, 2.24) is 14.8 Å². The first kappa shape index (κ1) is 22.6. The van der Waals surface area contributed by atoms with E-state index in [1.165, 1.54) is 50.0 Å². The van der Waals surface area contributed by atoms with Crippen LogP contribution in [0.5, 0.6) is 0 Å². The molecule has 2 fully saturated rings. The summed E-state index contributed by atoms with van der Waals surface area (Å²) < 4.78 is 5.85. The smallest absolute Gasteiger partial charge is 0.289 e. The van der Waals surface area contributed by atoms with E-state index < -0.39 is 5.60 Å². The lowest BCUT2D eigenvalue weighted by Gasteiger charge is -2.40. The highest BCUT2D eigenvalue weighted by Crippen LogP contribution is 2.36. The first-order valence-electron chi connectivity index (χ1n) is 12.1. The normalized spacial score (nSPS) is 19.7. The summed E-state index contributed by atoms with van der Waals surface area (Å²) in [7, 11) is 1.75. The molecule has 3 aromatic rings.